The molecule has 0 aliphatic rings. The van der Waals surface area contributed by atoms with E-state index in [1.54, 1.807) is 11.3 Å². The second-order valence-electron chi connectivity index (χ2n) is 3.98. The molecule has 3 aromatic heterocycles. The smallest absolute Gasteiger partial charge is 0.193 e. The van der Waals surface area contributed by atoms with Crippen molar-refractivity contribution in [1.82, 2.24) is 19.3 Å². The molecule has 0 aromatic carbocycles. The molecule has 0 fully saturated rings. The number of aromatic nitrogens is 3. The second kappa shape index (κ2) is 4.35. The van der Waals surface area contributed by atoms with Crippen LogP contribution in [0.5, 0.6) is 0 Å². The van der Waals surface area contributed by atoms with Gasteiger partial charge in [0.25, 0.3) is 0 Å². The van der Waals surface area contributed by atoms with Crippen LogP contribution in [0.15, 0.2) is 36.1 Å². The summed E-state index contributed by atoms with van der Waals surface area (Å²) in [5.41, 5.74) is 2.38. The standard InChI is InChI=1S/C12H14N4S/c1-13-7-11-3-2-4-15(11)8-10-9-16-5-6-17-12(16)14-10/h2-6,9,13H,7-8H2,1H3. The fourth-order valence-corrected chi connectivity index (χ4v) is 2.69. The molecule has 0 spiro atoms. The Morgan fingerprint density at radius 1 is 1.41 bits per heavy atom. The first-order chi connectivity index (χ1) is 8.36. The van der Waals surface area contributed by atoms with Crippen LogP contribution in [0.4, 0.5) is 0 Å². The molecule has 0 radical (unpaired) electrons. The fourth-order valence-electron chi connectivity index (χ4n) is 1.97. The highest BCUT2D eigenvalue weighted by atomic mass is 32.1. The number of nitrogens with zero attached hydrogens (tertiary/aromatic N) is 3. The number of nitrogens with one attached hydrogen (secondary N) is 1. The van der Waals surface area contributed by atoms with Gasteiger partial charge in [-0.3, -0.25) is 4.40 Å². The van der Waals surface area contributed by atoms with Crippen LogP contribution in [0, 0.1) is 0 Å². The molecule has 0 unspecified atom stereocenters. The van der Waals surface area contributed by atoms with Gasteiger partial charge in [-0.25, -0.2) is 4.98 Å². The number of imidazole rings is 1. The van der Waals surface area contributed by atoms with Crippen molar-refractivity contribution < 1.29 is 0 Å². The molecule has 1 N–H and O–H groups in total. The summed E-state index contributed by atoms with van der Waals surface area (Å²) in [6.07, 6.45) is 6.23. The van der Waals surface area contributed by atoms with Gasteiger partial charge in [-0.05, 0) is 19.2 Å². The molecule has 5 heteroatoms. The van der Waals surface area contributed by atoms with Gasteiger partial charge >= 0.3 is 0 Å². The Morgan fingerprint density at radius 2 is 2.35 bits per heavy atom. The molecule has 3 aromatic rings. The lowest BCUT2D eigenvalue weighted by atomic mass is 10.4. The van der Waals surface area contributed by atoms with Crippen LogP contribution in [0.2, 0.25) is 0 Å². The van der Waals surface area contributed by atoms with Gasteiger partial charge in [-0.2, -0.15) is 0 Å². The average molecular weight is 246 g/mol. The summed E-state index contributed by atoms with van der Waals surface area (Å²) >= 11 is 1.67. The van der Waals surface area contributed by atoms with Crippen LogP contribution in [-0.4, -0.2) is 21.0 Å². The Labute approximate surface area is 104 Å². The molecular weight excluding hydrogens is 232 g/mol. The van der Waals surface area contributed by atoms with E-state index in [1.807, 2.05) is 18.6 Å². The molecule has 0 amide bonds. The zero-order chi connectivity index (χ0) is 11.7. The molecule has 17 heavy (non-hydrogen) atoms. The largest absolute Gasteiger partial charge is 0.344 e. The number of rotatable bonds is 4. The Bertz CT molecular complexity index is 591. The summed E-state index contributed by atoms with van der Waals surface area (Å²) in [6.45, 7) is 1.72. The van der Waals surface area contributed by atoms with Gasteiger partial charge in [0.05, 0.1) is 12.2 Å². The van der Waals surface area contributed by atoms with Crippen LogP contribution >= 0.6 is 11.3 Å². The van der Waals surface area contributed by atoms with Gasteiger partial charge in [-0.15, -0.1) is 11.3 Å². The van der Waals surface area contributed by atoms with Crippen molar-refractivity contribution in [1.29, 1.82) is 0 Å². The highest BCUT2D eigenvalue weighted by molar-refractivity contribution is 7.15. The van der Waals surface area contributed by atoms with Crippen molar-refractivity contribution in [2.24, 2.45) is 0 Å². The topological polar surface area (TPSA) is 34.3 Å². The van der Waals surface area contributed by atoms with E-state index in [2.05, 4.69) is 43.8 Å². The SMILES string of the molecule is CNCc1cccn1Cc1cn2ccsc2n1. The lowest BCUT2D eigenvalue weighted by molar-refractivity contribution is 0.687. The van der Waals surface area contributed by atoms with Crippen molar-refractivity contribution in [3.8, 4) is 0 Å². The third kappa shape index (κ3) is 1.99. The van der Waals surface area contributed by atoms with Crippen LogP contribution in [0.25, 0.3) is 4.96 Å². The minimum absolute atomic E-state index is 0.832. The Kier molecular flexibility index (Phi) is 2.70. The van der Waals surface area contributed by atoms with Gasteiger partial charge in [-0.1, -0.05) is 0 Å². The highest BCUT2D eigenvalue weighted by Gasteiger charge is 2.05. The molecule has 0 aliphatic heterocycles. The van der Waals surface area contributed by atoms with E-state index in [1.165, 1.54) is 5.69 Å². The van der Waals surface area contributed by atoms with E-state index in [0.29, 0.717) is 0 Å². The average Bonchev–Trinajstić information content (AvgIpc) is 2.95. The minimum atomic E-state index is 0.832. The first-order valence-electron chi connectivity index (χ1n) is 5.56. The van der Waals surface area contributed by atoms with E-state index in [9.17, 15) is 0 Å². The summed E-state index contributed by atoms with van der Waals surface area (Å²) in [7, 11) is 1.96. The molecule has 0 bridgehead atoms. The first kappa shape index (κ1) is 10.6. The molecule has 4 nitrogen and oxygen atoms in total. The summed E-state index contributed by atoms with van der Waals surface area (Å²) in [5.74, 6) is 0. The molecule has 0 saturated heterocycles. The molecule has 3 heterocycles. The van der Waals surface area contributed by atoms with E-state index in [4.69, 9.17) is 0 Å². The lowest BCUT2D eigenvalue weighted by Gasteiger charge is -2.06. The first-order valence-corrected chi connectivity index (χ1v) is 6.44. The van der Waals surface area contributed by atoms with E-state index in [0.717, 1.165) is 23.7 Å². The molecule has 88 valence electrons. The van der Waals surface area contributed by atoms with Gasteiger partial charge < -0.3 is 9.88 Å². The summed E-state index contributed by atoms with van der Waals surface area (Å²) in [4.78, 5) is 5.65. The Morgan fingerprint density at radius 3 is 3.18 bits per heavy atom. The fraction of sp³-hybridized carbons (Fsp3) is 0.250. The van der Waals surface area contributed by atoms with Crippen molar-refractivity contribution in [3.63, 3.8) is 0 Å². The zero-order valence-electron chi connectivity index (χ0n) is 9.63. The van der Waals surface area contributed by atoms with Crippen LogP contribution in [0.1, 0.15) is 11.4 Å². The van der Waals surface area contributed by atoms with Crippen molar-refractivity contribution in [2.45, 2.75) is 13.1 Å². The maximum absolute atomic E-state index is 4.59. The summed E-state index contributed by atoms with van der Waals surface area (Å²) in [5, 5.41) is 5.22. The Balaban J connectivity index is 1.86. The minimum Gasteiger partial charge on any atom is -0.344 e. The zero-order valence-corrected chi connectivity index (χ0v) is 10.4. The van der Waals surface area contributed by atoms with E-state index in [-0.39, 0.29) is 0 Å². The number of fused-ring (bicyclic) bond motifs is 1. The van der Waals surface area contributed by atoms with Crippen LogP contribution in [-0.2, 0) is 13.1 Å². The third-order valence-corrected chi connectivity index (χ3v) is 3.53. The predicted molar refractivity (Wildman–Crippen MR) is 69.4 cm³/mol. The van der Waals surface area contributed by atoms with Gasteiger partial charge in [0.1, 0.15) is 0 Å². The van der Waals surface area contributed by atoms with E-state index >= 15 is 0 Å². The van der Waals surface area contributed by atoms with Gasteiger partial charge in [0, 0.05) is 36.2 Å². The molecule has 0 aliphatic carbocycles. The van der Waals surface area contributed by atoms with Crippen LogP contribution in [0.3, 0.4) is 0 Å². The van der Waals surface area contributed by atoms with Crippen LogP contribution < -0.4 is 5.32 Å². The maximum Gasteiger partial charge on any atom is 0.193 e. The molecule has 0 saturated carbocycles. The Hall–Kier alpha value is -1.59. The maximum atomic E-state index is 4.59. The van der Waals surface area contributed by atoms with Gasteiger partial charge in [0.15, 0.2) is 4.96 Å². The quantitative estimate of drug-likeness (QED) is 0.763. The molecular formula is C12H14N4S. The molecule has 3 rings (SSSR count). The van der Waals surface area contributed by atoms with Crippen molar-refractivity contribution >= 4 is 16.3 Å². The van der Waals surface area contributed by atoms with E-state index < -0.39 is 0 Å². The van der Waals surface area contributed by atoms with Crippen molar-refractivity contribution in [2.75, 3.05) is 7.05 Å². The van der Waals surface area contributed by atoms with Gasteiger partial charge in [0.2, 0.25) is 0 Å². The number of hydrogen-bond donors (Lipinski definition) is 1. The molecule has 0 atom stereocenters. The lowest BCUT2D eigenvalue weighted by Crippen LogP contribution is -2.11. The monoisotopic (exact) mass is 246 g/mol. The normalized spacial score (nSPS) is 11.4. The number of thiazole rings is 1. The second-order valence-corrected chi connectivity index (χ2v) is 4.86. The predicted octanol–water partition coefficient (Wildman–Crippen LogP) is 1.97. The number of hydrogen-bond acceptors (Lipinski definition) is 3. The van der Waals surface area contributed by atoms with Crippen molar-refractivity contribution in [3.05, 3.63) is 47.5 Å². The third-order valence-electron chi connectivity index (χ3n) is 2.76. The highest BCUT2D eigenvalue weighted by Crippen LogP contribution is 2.13. The summed E-state index contributed by atoms with van der Waals surface area (Å²) < 4.78 is 4.30. The summed E-state index contributed by atoms with van der Waals surface area (Å²) in [6, 6.07) is 4.21.